The van der Waals surface area contributed by atoms with E-state index in [2.05, 4.69) is 33.0 Å². The van der Waals surface area contributed by atoms with Crippen molar-refractivity contribution in [3.8, 4) is 0 Å². The Bertz CT molecular complexity index is 745. The lowest BCUT2D eigenvalue weighted by atomic mass is 10.2. The highest BCUT2D eigenvalue weighted by atomic mass is 35.5. The van der Waals surface area contributed by atoms with Crippen LogP contribution < -0.4 is 21.1 Å². The van der Waals surface area contributed by atoms with Gasteiger partial charge in [-0.05, 0) is 43.5 Å². The third-order valence-electron chi connectivity index (χ3n) is 4.70. The first-order chi connectivity index (χ1) is 12.6. The number of nitrogens with one attached hydrogen (secondary N) is 3. The SMILES string of the molecule is CCNN(c1nc(Nc2ccc(Cl)c(C)c2)ncc1NC)C1CCCC1. The Morgan fingerprint density at radius 1 is 1.27 bits per heavy atom. The Morgan fingerprint density at radius 3 is 2.69 bits per heavy atom. The fourth-order valence-corrected chi connectivity index (χ4v) is 3.47. The lowest BCUT2D eigenvalue weighted by Crippen LogP contribution is -2.45. The smallest absolute Gasteiger partial charge is 0.229 e. The predicted octanol–water partition coefficient (Wildman–Crippen LogP) is 4.50. The van der Waals surface area contributed by atoms with Crippen molar-refractivity contribution in [2.45, 2.75) is 45.6 Å². The van der Waals surface area contributed by atoms with E-state index in [1.54, 1.807) is 0 Å². The zero-order valence-electron chi connectivity index (χ0n) is 15.6. The molecule has 0 spiro atoms. The third-order valence-corrected chi connectivity index (χ3v) is 5.12. The normalized spacial score (nSPS) is 14.5. The Morgan fingerprint density at radius 2 is 2.04 bits per heavy atom. The Labute approximate surface area is 160 Å². The molecule has 0 bridgehead atoms. The lowest BCUT2D eigenvalue weighted by molar-refractivity contribution is 0.524. The summed E-state index contributed by atoms with van der Waals surface area (Å²) in [5.41, 5.74) is 6.33. The van der Waals surface area contributed by atoms with Crippen molar-refractivity contribution in [3.05, 3.63) is 35.0 Å². The Kier molecular flexibility index (Phi) is 6.16. The number of aryl methyl sites for hydroxylation is 1. The van der Waals surface area contributed by atoms with Gasteiger partial charge in [-0.1, -0.05) is 31.4 Å². The molecule has 140 valence electrons. The molecule has 2 aromatic rings. The van der Waals surface area contributed by atoms with Crippen LogP contribution in [0.3, 0.4) is 0 Å². The predicted molar refractivity (Wildman–Crippen MR) is 109 cm³/mol. The third kappa shape index (κ3) is 4.19. The van der Waals surface area contributed by atoms with Gasteiger partial charge < -0.3 is 10.6 Å². The van der Waals surface area contributed by atoms with Crippen LogP contribution >= 0.6 is 11.6 Å². The minimum atomic E-state index is 0.461. The molecule has 1 aliphatic carbocycles. The molecule has 3 N–H and O–H groups in total. The minimum Gasteiger partial charge on any atom is -0.384 e. The summed E-state index contributed by atoms with van der Waals surface area (Å²) in [5, 5.41) is 9.46. The van der Waals surface area contributed by atoms with Gasteiger partial charge in [-0.15, -0.1) is 0 Å². The Hall–Kier alpha value is -2.05. The van der Waals surface area contributed by atoms with Crippen molar-refractivity contribution in [1.29, 1.82) is 0 Å². The Balaban J connectivity index is 1.90. The highest BCUT2D eigenvalue weighted by molar-refractivity contribution is 6.31. The van der Waals surface area contributed by atoms with Gasteiger partial charge in [0.2, 0.25) is 5.95 Å². The van der Waals surface area contributed by atoms with E-state index >= 15 is 0 Å². The fraction of sp³-hybridized carbons (Fsp3) is 0.474. The zero-order valence-corrected chi connectivity index (χ0v) is 16.4. The van der Waals surface area contributed by atoms with E-state index in [-0.39, 0.29) is 0 Å². The molecule has 1 aliphatic rings. The van der Waals surface area contributed by atoms with Gasteiger partial charge in [-0.2, -0.15) is 4.98 Å². The highest BCUT2D eigenvalue weighted by Crippen LogP contribution is 2.31. The van der Waals surface area contributed by atoms with E-state index < -0.39 is 0 Å². The van der Waals surface area contributed by atoms with Crippen molar-refractivity contribution in [2.75, 3.05) is 29.2 Å². The van der Waals surface area contributed by atoms with Crippen LogP contribution in [0.2, 0.25) is 5.02 Å². The summed E-state index contributed by atoms with van der Waals surface area (Å²) in [5.74, 6) is 1.45. The van der Waals surface area contributed by atoms with Gasteiger partial charge in [0, 0.05) is 30.3 Å². The first-order valence-electron chi connectivity index (χ1n) is 9.23. The van der Waals surface area contributed by atoms with Crippen LogP contribution in [0.1, 0.15) is 38.2 Å². The molecule has 0 amide bonds. The van der Waals surface area contributed by atoms with Gasteiger partial charge in [0.25, 0.3) is 0 Å². The second kappa shape index (κ2) is 8.56. The number of aromatic nitrogens is 2. The van der Waals surface area contributed by atoms with E-state index in [0.29, 0.717) is 12.0 Å². The molecule has 0 atom stereocenters. The maximum Gasteiger partial charge on any atom is 0.229 e. The summed E-state index contributed by atoms with van der Waals surface area (Å²) in [7, 11) is 1.90. The van der Waals surface area contributed by atoms with E-state index in [0.717, 1.165) is 34.3 Å². The molecule has 0 unspecified atom stereocenters. The number of benzene rings is 1. The molecule has 1 saturated carbocycles. The van der Waals surface area contributed by atoms with Crippen molar-refractivity contribution in [2.24, 2.45) is 0 Å². The number of nitrogens with zero attached hydrogens (tertiary/aromatic N) is 3. The van der Waals surface area contributed by atoms with Gasteiger partial charge in [-0.25, -0.2) is 10.4 Å². The van der Waals surface area contributed by atoms with E-state index in [9.17, 15) is 0 Å². The van der Waals surface area contributed by atoms with Crippen LogP contribution in [0.25, 0.3) is 0 Å². The molecule has 0 aliphatic heterocycles. The first-order valence-corrected chi connectivity index (χ1v) is 9.61. The van der Waals surface area contributed by atoms with Gasteiger partial charge in [-0.3, -0.25) is 5.01 Å². The number of hydrogen-bond acceptors (Lipinski definition) is 6. The summed E-state index contributed by atoms with van der Waals surface area (Å²) in [4.78, 5) is 9.25. The van der Waals surface area contributed by atoms with E-state index in [1.165, 1.54) is 25.7 Å². The topological polar surface area (TPSA) is 65.1 Å². The molecular weight excluding hydrogens is 348 g/mol. The van der Waals surface area contributed by atoms with Gasteiger partial charge >= 0.3 is 0 Å². The quantitative estimate of drug-likeness (QED) is 0.620. The lowest BCUT2D eigenvalue weighted by Gasteiger charge is -2.31. The number of hydrogen-bond donors (Lipinski definition) is 3. The standard InChI is InChI=1S/C19H27ClN6/c1-4-23-26(15-7-5-6-8-15)18-17(21-3)12-22-19(25-18)24-14-9-10-16(20)13(2)11-14/h9-12,15,21,23H,4-8H2,1-3H3,(H,22,24,25). The van der Waals surface area contributed by atoms with Crippen LogP contribution in [0.15, 0.2) is 24.4 Å². The number of hydrazine groups is 1. The number of anilines is 4. The summed E-state index contributed by atoms with van der Waals surface area (Å²) >= 11 is 6.12. The van der Waals surface area contributed by atoms with Crippen LogP contribution in [0.5, 0.6) is 0 Å². The largest absolute Gasteiger partial charge is 0.384 e. The van der Waals surface area contributed by atoms with Gasteiger partial charge in [0.05, 0.1) is 11.9 Å². The molecule has 0 radical (unpaired) electrons. The molecule has 0 saturated heterocycles. The van der Waals surface area contributed by atoms with Gasteiger partial charge in [0.1, 0.15) is 0 Å². The molecule has 3 rings (SSSR count). The molecule has 6 nitrogen and oxygen atoms in total. The zero-order chi connectivity index (χ0) is 18.5. The molecule has 1 fully saturated rings. The van der Waals surface area contributed by atoms with Crippen molar-refractivity contribution >= 4 is 34.7 Å². The fourth-order valence-electron chi connectivity index (χ4n) is 3.35. The summed E-state index contributed by atoms with van der Waals surface area (Å²) < 4.78 is 0. The molecular formula is C19H27ClN6. The van der Waals surface area contributed by atoms with Crippen molar-refractivity contribution in [3.63, 3.8) is 0 Å². The number of rotatable bonds is 7. The maximum absolute atomic E-state index is 6.12. The molecule has 1 heterocycles. The number of halogens is 1. The van der Waals surface area contributed by atoms with Crippen LogP contribution in [-0.4, -0.2) is 29.6 Å². The maximum atomic E-state index is 6.12. The summed E-state index contributed by atoms with van der Waals surface area (Å²) in [6, 6.07) is 6.27. The molecule has 1 aromatic carbocycles. The second-order valence-corrected chi connectivity index (χ2v) is 7.00. The van der Waals surface area contributed by atoms with E-state index in [1.807, 2.05) is 38.4 Å². The first kappa shape index (κ1) is 18.7. The van der Waals surface area contributed by atoms with Gasteiger partial charge in [0.15, 0.2) is 5.82 Å². The monoisotopic (exact) mass is 374 g/mol. The van der Waals surface area contributed by atoms with Crippen LogP contribution in [0, 0.1) is 6.92 Å². The minimum absolute atomic E-state index is 0.461. The average molecular weight is 375 g/mol. The average Bonchev–Trinajstić information content (AvgIpc) is 3.17. The van der Waals surface area contributed by atoms with Crippen LogP contribution in [0.4, 0.5) is 23.1 Å². The van der Waals surface area contributed by atoms with Crippen molar-refractivity contribution < 1.29 is 0 Å². The molecule has 7 heteroatoms. The molecule has 26 heavy (non-hydrogen) atoms. The molecule has 1 aromatic heterocycles. The summed E-state index contributed by atoms with van der Waals surface area (Å²) in [6.45, 7) is 4.94. The van der Waals surface area contributed by atoms with Crippen LogP contribution in [-0.2, 0) is 0 Å². The second-order valence-electron chi connectivity index (χ2n) is 6.59. The highest BCUT2D eigenvalue weighted by Gasteiger charge is 2.26. The summed E-state index contributed by atoms with van der Waals surface area (Å²) in [6.07, 6.45) is 6.72. The van der Waals surface area contributed by atoms with Crippen molar-refractivity contribution in [1.82, 2.24) is 15.4 Å². The van der Waals surface area contributed by atoms with E-state index in [4.69, 9.17) is 16.6 Å².